The first kappa shape index (κ1) is 15.8. The molecule has 0 fully saturated rings. The number of ether oxygens (including phenoxy) is 1. The SMILES string of the molecule is CO/C=C(/c1ccc(C(C)(C)C)cc1)c1ccccc1Br. The molecule has 0 aromatic heterocycles. The zero-order chi connectivity index (χ0) is 15.5. The van der Waals surface area contributed by atoms with Crippen LogP contribution in [0.15, 0.2) is 59.3 Å². The third-order valence-electron chi connectivity index (χ3n) is 3.46. The van der Waals surface area contributed by atoms with Crippen molar-refractivity contribution in [3.63, 3.8) is 0 Å². The average molecular weight is 345 g/mol. The number of rotatable bonds is 3. The Morgan fingerprint density at radius 1 is 1.00 bits per heavy atom. The maximum Gasteiger partial charge on any atom is 0.0909 e. The third kappa shape index (κ3) is 3.76. The molecule has 0 N–H and O–H groups in total. The summed E-state index contributed by atoms with van der Waals surface area (Å²) in [5.74, 6) is 0. The fourth-order valence-corrected chi connectivity index (χ4v) is 2.73. The Kier molecular flexibility index (Phi) is 4.89. The molecule has 0 radical (unpaired) electrons. The highest BCUT2D eigenvalue weighted by atomic mass is 79.9. The molecule has 0 aliphatic carbocycles. The first-order valence-corrected chi connectivity index (χ1v) is 7.81. The van der Waals surface area contributed by atoms with E-state index < -0.39 is 0 Å². The van der Waals surface area contributed by atoms with E-state index in [1.54, 1.807) is 13.4 Å². The summed E-state index contributed by atoms with van der Waals surface area (Å²) in [5.41, 5.74) is 4.84. The van der Waals surface area contributed by atoms with Gasteiger partial charge in [-0.25, -0.2) is 0 Å². The van der Waals surface area contributed by atoms with Crippen molar-refractivity contribution >= 4 is 21.5 Å². The predicted molar refractivity (Wildman–Crippen MR) is 93.4 cm³/mol. The third-order valence-corrected chi connectivity index (χ3v) is 4.15. The second kappa shape index (κ2) is 6.48. The molecule has 0 aliphatic heterocycles. The second-order valence-corrected chi connectivity index (χ2v) is 6.93. The van der Waals surface area contributed by atoms with Crippen molar-refractivity contribution < 1.29 is 4.74 Å². The van der Waals surface area contributed by atoms with Crippen LogP contribution in [0.4, 0.5) is 0 Å². The summed E-state index contributed by atoms with van der Waals surface area (Å²) in [6.45, 7) is 6.67. The predicted octanol–water partition coefficient (Wildman–Crippen LogP) is 5.78. The van der Waals surface area contributed by atoms with Crippen molar-refractivity contribution in [1.82, 2.24) is 0 Å². The van der Waals surface area contributed by atoms with Crippen LogP contribution >= 0.6 is 15.9 Å². The number of methoxy groups -OCH3 is 1. The van der Waals surface area contributed by atoms with Crippen molar-refractivity contribution in [2.24, 2.45) is 0 Å². The molecule has 0 amide bonds. The Balaban J connectivity index is 2.46. The van der Waals surface area contributed by atoms with Gasteiger partial charge >= 0.3 is 0 Å². The topological polar surface area (TPSA) is 9.23 Å². The van der Waals surface area contributed by atoms with Gasteiger partial charge in [-0.3, -0.25) is 0 Å². The number of benzene rings is 2. The summed E-state index contributed by atoms with van der Waals surface area (Å²) in [6.07, 6.45) is 1.80. The molecule has 0 atom stereocenters. The van der Waals surface area contributed by atoms with Gasteiger partial charge in [-0.15, -0.1) is 0 Å². The van der Waals surface area contributed by atoms with Crippen LogP contribution in [0.3, 0.4) is 0 Å². The first-order chi connectivity index (χ1) is 9.93. The Bertz CT molecular complexity index is 633. The van der Waals surface area contributed by atoms with E-state index in [2.05, 4.69) is 67.0 Å². The highest BCUT2D eigenvalue weighted by molar-refractivity contribution is 9.10. The van der Waals surface area contributed by atoms with E-state index in [9.17, 15) is 0 Å². The highest BCUT2D eigenvalue weighted by Gasteiger charge is 2.14. The summed E-state index contributed by atoms with van der Waals surface area (Å²) in [7, 11) is 1.68. The van der Waals surface area contributed by atoms with Crippen LogP contribution < -0.4 is 0 Å². The smallest absolute Gasteiger partial charge is 0.0909 e. The van der Waals surface area contributed by atoms with E-state index in [-0.39, 0.29) is 5.41 Å². The van der Waals surface area contributed by atoms with Gasteiger partial charge in [-0.2, -0.15) is 0 Å². The van der Waals surface area contributed by atoms with Gasteiger partial charge in [0.15, 0.2) is 0 Å². The van der Waals surface area contributed by atoms with Crippen molar-refractivity contribution in [2.75, 3.05) is 7.11 Å². The zero-order valence-corrected chi connectivity index (χ0v) is 14.6. The number of hydrogen-bond acceptors (Lipinski definition) is 1. The van der Waals surface area contributed by atoms with Gasteiger partial charge < -0.3 is 4.74 Å². The Morgan fingerprint density at radius 2 is 1.62 bits per heavy atom. The van der Waals surface area contributed by atoms with E-state index in [1.165, 1.54) is 5.56 Å². The zero-order valence-electron chi connectivity index (χ0n) is 13.0. The maximum atomic E-state index is 5.28. The normalized spacial score (nSPS) is 12.3. The van der Waals surface area contributed by atoms with Crippen molar-refractivity contribution in [3.05, 3.63) is 76.0 Å². The summed E-state index contributed by atoms with van der Waals surface area (Å²) < 4.78 is 6.35. The Labute approximate surface area is 135 Å². The fraction of sp³-hybridized carbons (Fsp3) is 0.263. The largest absolute Gasteiger partial charge is 0.504 e. The van der Waals surface area contributed by atoms with E-state index in [1.807, 2.05) is 18.2 Å². The lowest BCUT2D eigenvalue weighted by molar-refractivity contribution is 0.340. The van der Waals surface area contributed by atoms with E-state index in [0.29, 0.717) is 0 Å². The van der Waals surface area contributed by atoms with E-state index >= 15 is 0 Å². The van der Waals surface area contributed by atoms with Gasteiger partial charge in [-0.1, -0.05) is 79.2 Å². The molecule has 2 heteroatoms. The first-order valence-electron chi connectivity index (χ1n) is 7.02. The minimum absolute atomic E-state index is 0.164. The second-order valence-electron chi connectivity index (χ2n) is 6.07. The molecule has 0 bridgehead atoms. The molecule has 2 aromatic rings. The van der Waals surface area contributed by atoms with Gasteiger partial charge in [0.1, 0.15) is 0 Å². The van der Waals surface area contributed by atoms with Crippen LogP contribution in [0.1, 0.15) is 37.5 Å². The Hall–Kier alpha value is -1.54. The van der Waals surface area contributed by atoms with Crippen molar-refractivity contribution in [2.45, 2.75) is 26.2 Å². The van der Waals surface area contributed by atoms with Crippen LogP contribution in [0.25, 0.3) is 5.57 Å². The van der Waals surface area contributed by atoms with Crippen LogP contribution in [-0.4, -0.2) is 7.11 Å². The lowest BCUT2D eigenvalue weighted by Crippen LogP contribution is -2.10. The lowest BCUT2D eigenvalue weighted by Gasteiger charge is -2.19. The molecule has 2 aromatic carbocycles. The summed E-state index contributed by atoms with van der Waals surface area (Å²) >= 11 is 3.61. The van der Waals surface area contributed by atoms with Gasteiger partial charge in [0, 0.05) is 10.0 Å². The van der Waals surface area contributed by atoms with Crippen LogP contribution in [0.5, 0.6) is 0 Å². The van der Waals surface area contributed by atoms with Crippen molar-refractivity contribution in [1.29, 1.82) is 0 Å². The summed E-state index contributed by atoms with van der Waals surface area (Å²) in [5, 5.41) is 0. The number of halogens is 1. The van der Waals surface area contributed by atoms with Gasteiger partial charge in [0.05, 0.1) is 13.4 Å². The molecule has 0 heterocycles. The number of hydrogen-bond donors (Lipinski definition) is 0. The molecule has 1 nitrogen and oxygen atoms in total. The molecule has 0 aliphatic rings. The quantitative estimate of drug-likeness (QED) is 0.641. The standard InChI is InChI=1S/C19H21BrO/c1-19(2,3)15-11-9-14(10-12-15)17(13-21-4)16-7-5-6-8-18(16)20/h5-13H,1-4H3/b17-13-. The molecule has 0 unspecified atom stereocenters. The fourth-order valence-electron chi connectivity index (χ4n) is 2.23. The Morgan fingerprint density at radius 3 is 2.14 bits per heavy atom. The average Bonchev–Trinajstić information content (AvgIpc) is 2.45. The van der Waals surface area contributed by atoms with E-state index in [0.717, 1.165) is 21.2 Å². The van der Waals surface area contributed by atoms with Gasteiger partial charge in [0.25, 0.3) is 0 Å². The lowest BCUT2D eigenvalue weighted by atomic mass is 9.86. The molecular formula is C19H21BrO. The molecule has 0 saturated carbocycles. The maximum absolute atomic E-state index is 5.28. The van der Waals surface area contributed by atoms with E-state index in [4.69, 9.17) is 4.74 Å². The molecule has 0 saturated heterocycles. The van der Waals surface area contributed by atoms with Crippen LogP contribution in [0.2, 0.25) is 0 Å². The molecule has 2 rings (SSSR count). The molecule has 110 valence electrons. The van der Waals surface area contributed by atoms with Crippen LogP contribution in [-0.2, 0) is 10.2 Å². The van der Waals surface area contributed by atoms with Crippen LogP contribution in [0, 0.1) is 0 Å². The molecular weight excluding hydrogens is 324 g/mol. The molecule has 21 heavy (non-hydrogen) atoms. The summed E-state index contributed by atoms with van der Waals surface area (Å²) in [6, 6.07) is 16.9. The summed E-state index contributed by atoms with van der Waals surface area (Å²) in [4.78, 5) is 0. The minimum Gasteiger partial charge on any atom is -0.504 e. The molecule has 0 spiro atoms. The highest BCUT2D eigenvalue weighted by Crippen LogP contribution is 2.31. The monoisotopic (exact) mass is 344 g/mol. The minimum atomic E-state index is 0.164. The van der Waals surface area contributed by atoms with Gasteiger partial charge in [-0.05, 0) is 28.2 Å². The van der Waals surface area contributed by atoms with Gasteiger partial charge in [0.2, 0.25) is 0 Å². The van der Waals surface area contributed by atoms with Crippen molar-refractivity contribution in [3.8, 4) is 0 Å².